The van der Waals surface area contributed by atoms with Crippen LogP contribution in [0.1, 0.15) is 38.2 Å². The van der Waals surface area contributed by atoms with Crippen LogP contribution in [0.3, 0.4) is 0 Å². The fourth-order valence-corrected chi connectivity index (χ4v) is 3.01. The summed E-state index contributed by atoms with van der Waals surface area (Å²) in [6.07, 6.45) is 3.01. The molecule has 2 amide bonds. The minimum Gasteiger partial charge on any atom is -0.480 e. The van der Waals surface area contributed by atoms with Gasteiger partial charge in [-0.15, -0.1) is 0 Å². The molecule has 2 rings (SSSR count). The van der Waals surface area contributed by atoms with Crippen molar-refractivity contribution in [3.05, 3.63) is 35.9 Å². The first-order valence-electron chi connectivity index (χ1n) is 8.35. The molecule has 2 atom stereocenters. The van der Waals surface area contributed by atoms with Crippen LogP contribution >= 0.6 is 0 Å². The fourth-order valence-electron chi connectivity index (χ4n) is 3.01. The van der Waals surface area contributed by atoms with Crippen molar-refractivity contribution >= 4 is 17.8 Å². The van der Waals surface area contributed by atoms with Gasteiger partial charge >= 0.3 is 5.97 Å². The van der Waals surface area contributed by atoms with Crippen molar-refractivity contribution in [1.29, 1.82) is 0 Å². The number of nitrogens with one attached hydrogen (secondary N) is 1. The van der Waals surface area contributed by atoms with Crippen LogP contribution in [-0.4, -0.2) is 46.4 Å². The molecule has 1 aromatic rings. The summed E-state index contributed by atoms with van der Waals surface area (Å²) < 4.78 is 0. The Bertz CT molecular complexity index is 588. The third kappa shape index (κ3) is 4.81. The Hall–Kier alpha value is -2.37. The van der Waals surface area contributed by atoms with Crippen molar-refractivity contribution in [3.63, 3.8) is 0 Å². The van der Waals surface area contributed by atoms with Crippen LogP contribution in [0, 0.1) is 0 Å². The van der Waals surface area contributed by atoms with Gasteiger partial charge in [0.05, 0.1) is 0 Å². The molecule has 0 aliphatic carbocycles. The molecule has 0 aromatic heterocycles. The number of likely N-dealkylation sites (tertiary alicyclic amines) is 1. The summed E-state index contributed by atoms with van der Waals surface area (Å²) in [7, 11) is 0. The molecule has 0 unspecified atom stereocenters. The first kappa shape index (κ1) is 18.0. The molecular weight excluding hydrogens is 308 g/mol. The molecule has 1 aliphatic rings. The molecule has 2 N–H and O–H groups in total. The number of carbonyl (C=O) groups excluding carboxylic acids is 2. The van der Waals surface area contributed by atoms with Crippen LogP contribution in [-0.2, 0) is 20.8 Å². The number of carbonyl (C=O) groups is 3. The molecule has 0 saturated carbocycles. The van der Waals surface area contributed by atoms with E-state index in [1.807, 2.05) is 30.3 Å². The van der Waals surface area contributed by atoms with Gasteiger partial charge in [-0.2, -0.15) is 0 Å². The smallest absolute Gasteiger partial charge is 0.326 e. The van der Waals surface area contributed by atoms with Crippen molar-refractivity contribution in [1.82, 2.24) is 10.2 Å². The predicted molar refractivity (Wildman–Crippen MR) is 89.4 cm³/mol. The Balaban J connectivity index is 1.76. The summed E-state index contributed by atoms with van der Waals surface area (Å²) in [4.78, 5) is 36.8. The van der Waals surface area contributed by atoms with E-state index in [-0.39, 0.29) is 11.8 Å². The van der Waals surface area contributed by atoms with Crippen LogP contribution in [0.15, 0.2) is 30.3 Å². The molecular formula is C18H24N2O4. The zero-order chi connectivity index (χ0) is 17.5. The Labute approximate surface area is 141 Å². The highest BCUT2D eigenvalue weighted by molar-refractivity contribution is 5.90. The lowest BCUT2D eigenvalue weighted by atomic mass is 10.1. The van der Waals surface area contributed by atoms with Crippen LogP contribution < -0.4 is 5.32 Å². The molecule has 1 heterocycles. The third-order valence-electron chi connectivity index (χ3n) is 4.28. The number of hydrogen-bond donors (Lipinski definition) is 2. The van der Waals surface area contributed by atoms with Crippen molar-refractivity contribution < 1.29 is 19.5 Å². The maximum atomic E-state index is 12.3. The second-order valence-corrected chi connectivity index (χ2v) is 6.16. The van der Waals surface area contributed by atoms with Gasteiger partial charge in [-0.25, -0.2) is 4.79 Å². The van der Waals surface area contributed by atoms with Gasteiger partial charge in [0.15, 0.2) is 0 Å². The van der Waals surface area contributed by atoms with Crippen molar-refractivity contribution in [3.8, 4) is 0 Å². The van der Waals surface area contributed by atoms with E-state index in [4.69, 9.17) is 5.11 Å². The highest BCUT2D eigenvalue weighted by Gasteiger charge is 2.36. The second kappa shape index (κ2) is 8.47. The third-order valence-corrected chi connectivity index (χ3v) is 4.28. The van der Waals surface area contributed by atoms with E-state index in [0.29, 0.717) is 32.2 Å². The summed E-state index contributed by atoms with van der Waals surface area (Å²) in [6, 6.07) is 8.44. The number of rotatable bonds is 7. The second-order valence-electron chi connectivity index (χ2n) is 6.16. The van der Waals surface area contributed by atoms with E-state index in [9.17, 15) is 14.4 Å². The van der Waals surface area contributed by atoms with Crippen molar-refractivity contribution in [2.75, 3.05) is 6.54 Å². The van der Waals surface area contributed by atoms with Gasteiger partial charge in [0.2, 0.25) is 11.8 Å². The average Bonchev–Trinajstić information content (AvgIpc) is 3.05. The van der Waals surface area contributed by atoms with E-state index in [1.54, 1.807) is 6.92 Å². The summed E-state index contributed by atoms with van der Waals surface area (Å²) in [6.45, 7) is 2.04. The highest BCUT2D eigenvalue weighted by Crippen LogP contribution is 2.18. The number of hydrogen-bond acceptors (Lipinski definition) is 3. The van der Waals surface area contributed by atoms with Crippen LogP contribution in [0.25, 0.3) is 0 Å². The number of aliphatic carboxylic acids is 1. The monoisotopic (exact) mass is 332 g/mol. The summed E-state index contributed by atoms with van der Waals surface area (Å²) in [5.74, 6) is -1.49. The molecule has 1 fully saturated rings. The van der Waals surface area contributed by atoms with Gasteiger partial charge in [0.25, 0.3) is 0 Å². The fraction of sp³-hybridized carbons (Fsp3) is 0.500. The molecule has 24 heavy (non-hydrogen) atoms. The molecule has 0 radical (unpaired) electrons. The molecule has 1 saturated heterocycles. The number of benzene rings is 1. The van der Waals surface area contributed by atoms with Gasteiger partial charge < -0.3 is 15.3 Å². The maximum Gasteiger partial charge on any atom is 0.326 e. The molecule has 0 spiro atoms. The molecule has 1 aromatic carbocycles. The number of carboxylic acids is 1. The van der Waals surface area contributed by atoms with E-state index in [0.717, 1.165) is 6.42 Å². The van der Waals surface area contributed by atoms with Gasteiger partial charge in [0.1, 0.15) is 12.1 Å². The average molecular weight is 332 g/mol. The van der Waals surface area contributed by atoms with Crippen molar-refractivity contribution in [2.45, 2.75) is 51.1 Å². The summed E-state index contributed by atoms with van der Waals surface area (Å²) in [5.41, 5.74) is 1.18. The number of carboxylic acid groups (broad SMARTS) is 1. The highest BCUT2D eigenvalue weighted by atomic mass is 16.4. The summed E-state index contributed by atoms with van der Waals surface area (Å²) >= 11 is 0. The maximum absolute atomic E-state index is 12.3. The lowest BCUT2D eigenvalue weighted by Crippen LogP contribution is -2.50. The normalized spacial score (nSPS) is 18.2. The zero-order valence-corrected chi connectivity index (χ0v) is 13.9. The van der Waals surface area contributed by atoms with Crippen molar-refractivity contribution in [2.24, 2.45) is 0 Å². The minimum atomic E-state index is -0.984. The van der Waals surface area contributed by atoms with E-state index >= 15 is 0 Å². The molecule has 6 nitrogen and oxygen atoms in total. The van der Waals surface area contributed by atoms with Crippen LogP contribution in [0.5, 0.6) is 0 Å². The lowest BCUT2D eigenvalue weighted by molar-refractivity contribution is -0.149. The predicted octanol–water partition coefficient (Wildman–Crippen LogP) is 1.59. The minimum absolute atomic E-state index is 0.183. The Morgan fingerprint density at radius 2 is 2.00 bits per heavy atom. The SMILES string of the molecule is C[C@H](NC(=O)CCCc1ccccc1)C(=O)N1CCC[C@@H]1C(=O)O. The standard InChI is InChI=1S/C18H24N2O4/c1-13(17(22)20-12-6-10-15(20)18(23)24)19-16(21)11-5-9-14-7-3-2-4-8-14/h2-4,7-8,13,15H,5-6,9-12H2,1H3,(H,19,21)(H,23,24)/t13-,15+/m0/s1. The molecule has 130 valence electrons. The molecule has 0 bridgehead atoms. The Morgan fingerprint density at radius 1 is 1.29 bits per heavy atom. The van der Waals surface area contributed by atoms with E-state index in [1.165, 1.54) is 10.5 Å². The number of nitrogens with zero attached hydrogens (tertiary/aromatic N) is 1. The van der Waals surface area contributed by atoms with E-state index < -0.39 is 18.1 Å². The molecule has 1 aliphatic heterocycles. The topological polar surface area (TPSA) is 86.7 Å². The van der Waals surface area contributed by atoms with Gasteiger partial charge in [-0.1, -0.05) is 30.3 Å². The van der Waals surface area contributed by atoms with E-state index in [2.05, 4.69) is 5.32 Å². The quantitative estimate of drug-likeness (QED) is 0.794. The number of amides is 2. The van der Waals surface area contributed by atoms with Gasteiger partial charge in [0, 0.05) is 13.0 Å². The first-order chi connectivity index (χ1) is 11.5. The van der Waals surface area contributed by atoms with Crippen LogP contribution in [0.2, 0.25) is 0 Å². The van der Waals surface area contributed by atoms with Gasteiger partial charge in [-0.3, -0.25) is 9.59 Å². The van der Waals surface area contributed by atoms with Gasteiger partial charge in [-0.05, 0) is 38.2 Å². The largest absolute Gasteiger partial charge is 0.480 e. The summed E-state index contributed by atoms with van der Waals surface area (Å²) in [5, 5.41) is 11.8. The van der Waals surface area contributed by atoms with Crippen LogP contribution in [0.4, 0.5) is 0 Å². The Kier molecular flexibility index (Phi) is 6.35. The first-order valence-corrected chi connectivity index (χ1v) is 8.35. The Morgan fingerprint density at radius 3 is 2.67 bits per heavy atom. The molecule has 6 heteroatoms. The lowest BCUT2D eigenvalue weighted by Gasteiger charge is -2.25. The number of aryl methyl sites for hydroxylation is 1. The zero-order valence-electron chi connectivity index (χ0n) is 13.9.